The standard InChI is InChI=1S/C27H21FN6O2/c28-21-8-6-18(7-9-21)14-25(35)32-33-27(36)22-15-24(20-4-2-1-3-5-20)31-26-23(22)16-30-34(26)17-19-10-12-29-13-11-19/h1-13,15-16H,14,17H2,(H,32,35)(H,33,36). The molecule has 0 aliphatic rings. The fraction of sp³-hybridized carbons (Fsp3) is 0.0741. The second kappa shape index (κ2) is 10.1. The number of benzene rings is 2. The molecule has 5 rings (SSSR count). The average molecular weight is 481 g/mol. The summed E-state index contributed by atoms with van der Waals surface area (Å²) in [4.78, 5) is 34.3. The highest BCUT2D eigenvalue weighted by Crippen LogP contribution is 2.25. The first-order valence-electron chi connectivity index (χ1n) is 11.2. The largest absolute Gasteiger partial charge is 0.273 e. The molecule has 0 radical (unpaired) electrons. The summed E-state index contributed by atoms with van der Waals surface area (Å²) >= 11 is 0. The van der Waals surface area contributed by atoms with Gasteiger partial charge < -0.3 is 0 Å². The van der Waals surface area contributed by atoms with E-state index in [1.165, 1.54) is 24.3 Å². The lowest BCUT2D eigenvalue weighted by Crippen LogP contribution is -2.42. The van der Waals surface area contributed by atoms with Crippen molar-refractivity contribution < 1.29 is 14.0 Å². The van der Waals surface area contributed by atoms with E-state index in [2.05, 4.69) is 20.9 Å². The Kier molecular flexibility index (Phi) is 6.44. The number of carbonyl (C=O) groups is 2. The smallest absolute Gasteiger partial charge is 0.270 e. The van der Waals surface area contributed by atoms with Gasteiger partial charge in [-0.15, -0.1) is 0 Å². The van der Waals surface area contributed by atoms with Gasteiger partial charge in [0.1, 0.15) is 5.82 Å². The predicted molar refractivity (Wildman–Crippen MR) is 132 cm³/mol. The minimum atomic E-state index is -0.504. The van der Waals surface area contributed by atoms with Crippen molar-refractivity contribution in [2.45, 2.75) is 13.0 Å². The molecule has 36 heavy (non-hydrogen) atoms. The molecular weight excluding hydrogens is 459 g/mol. The number of nitrogens with zero attached hydrogens (tertiary/aromatic N) is 4. The molecule has 5 aromatic rings. The van der Waals surface area contributed by atoms with Crippen LogP contribution in [0.4, 0.5) is 4.39 Å². The van der Waals surface area contributed by atoms with E-state index >= 15 is 0 Å². The molecule has 2 aromatic carbocycles. The van der Waals surface area contributed by atoms with Gasteiger partial charge in [-0.25, -0.2) is 14.1 Å². The maximum Gasteiger partial charge on any atom is 0.270 e. The van der Waals surface area contributed by atoms with E-state index in [1.807, 2.05) is 42.5 Å². The van der Waals surface area contributed by atoms with E-state index < -0.39 is 11.8 Å². The second-order valence-electron chi connectivity index (χ2n) is 8.12. The normalized spacial score (nSPS) is 10.8. The quantitative estimate of drug-likeness (QED) is 0.361. The molecule has 0 bridgehead atoms. The summed E-state index contributed by atoms with van der Waals surface area (Å²) < 4.78 is 14.8. The lowest BCUT2D eigenvalue weighted by molar-refractivity contribution is -0.121. The van der Waals surface area contributed by atoms with Crippen molar-refractivity contribution in [3.05, 3.63) is 114 Å². The van der Waals surface area contributed by atoms with Crippen LogP contribution in [0, 0.1) is 5.82 Å². The zero-order valence-corrected chi connectivity index (χ0v) is 19.1. The van der Waals surface area contributed by atoms with E-state index in [4.69, 9.17) is 4.98 Å². The minimum Gasteiger partial charge on any atom is -0.273 e. The van der Waals surface area contributed by atoms with Crippen LogP contribution in [-0.2, 0) is 17.8 Å². The predicted octanol–water partition coefficient (Wildman–Crippen LogP) is 3.68. The molecule has 0 saturated carbocycles. The van der Waals surface area contributed by atoms with Crippen LogP contribution in [0.3, 0.4) is 0 Å². The highest BCUT2D eigenvalue weighted by atomic mass is 19.1. The fourth-order valence-corrected chi connectivity index (χ4v) is 3.79. The van der Waals surface area contributed by atoms with Gasteiger partial charge in [0.05, 0.1) is 35.8 Å². The molecule has 0 saturated heterocycles. The Bertz CT molecular complexity index is 1520. The third kappa shape index (κ3) is 5.10. The molecule has 9 heteroatoms. The van der Waals surface area contributed by atoms with Gasteiger partial charge >= 0.3 is 0 Å². The van der Waals surface area contributed by atoms with E-state index in [-0.39, 0.29) is 12.2 Å². The topological polar surface area (TPSA) is 102 Å². The van der Waals surface area contributed by atoms with Crippen molar-refractivity contribution >= 4 is 22.8 Å². The van der Waals surface area contributed by atoms with Crippen LogP contribution in [0.25, 0.3) is 22.3 Å². The van der Waals surface area contributed by atoms with E-state index in [0.717, 1.165) is 11.1 Å². The SMILES string of the molecule is O=C(Cc1ccc(F)cc1)NNC(=O)c1cc(-c2ccccc2)nc2c1cnn2Cc1ccncc1. The maximum atomic E-state index is 13.2. The van der Waals surface area contributed by atoms with Gasteiger partial charge in [0, 0.05) is 18.0 Å². The zero-order chi connectivity index (χ0) is 24.9. The zero-order valence-electron chi connectivity index (χ0n) is 19.1. The van der Waals surface area contributed by atoms with Gasteiger partial charge in [0.15, 0.2) is 5.65 Å². The third-order valence-electron chi connectivity index (χ3n) is 5.60. The Labute approximate surface area is 205 Å². The highest BCUT2D eigenvalue weighted by molar-refractivity contribution is 6.07. The Hall–Kier alpha value is -4.92. The first-order chi connectivity index (χ1) is 17.6. The monoisotopic (exact) mass is 480 g/mol. The van der Waals surface area contributed by atoms with Gasteiger partial charge in [-0.05, 0) is 41.5 Å². The van der Waals surface area contributed by atoms with Crippen LogP contribution in [0.2, 0.25) is 0 Å². The number of halogens is 1. The van der Waals surface area contributed by atoms with Crippen LogP contribution in [0.1, 0.15) is 21.5 Å². The highest BCUT2D eigenvalue weighted by Gasteiger charge is 2.18. The minimum absolute atomic E-state index is 0.00849. The average Bonchev–Trinajstić information content (AvgIpc) is 3.31. The van der Waals surface area contributed by atoms with Crippen molar-refractivity contribution in [1.82, 2.24) is 30.6 Å². The first-order valence-corrected chi connectivity index (χ1v) is 11.2. The first kappa shape index (κ1) is 22.9. The summed E-state index contributed by atoms with van der Waals surface area (Å²) in [6.45, 7) is 0.451. The fourth-order valence-electron chi connectivity index (χ4n) is 3.79. The second-order valence-corrected chi connectivity index (χ2v) is 8.12. The van der Waals surface area contributed by atoms with Gasteiger partial charge in [-0.1, -0.05) is 42.5 Å². The summed E-state index contributed by atoms with van der Waals surface area (Å²) in [5, 5.41) is 5.01. The van der Waals surface area contributed by atoms with Crippen LogP contribution in [0.5, 0.6) is 0 Å². The van der Waals surface area contributed by atoms with E-state index in [9.17, 15) is 14.0 Å². The summed E-state index contributed by atoms with van der Waals surface area (Å²) in [6, 6.07) is 20.6. The van der Waals surface area contributed by atoms with E-state index in [1.54, 1.807) is 29.3 Å². The molecule has 2 N–H and O–H groups in total. The van der Waals surface area contributed by atoms with Crippen molar-refractivity contribution in [2.75, 3.05) is 0 Å². The summed E-state index contributed by atoms with van der Waals surface area (Å²) in [5.41, 5.74) is 8.81. The molecule has 0 atom stereocenters. The molecule has 178 valence electrons. The van der Waals surface area contributed by atoms with Crippen LogP contribution in [-0.4, -0.2) is 31.6 Å². The van der Waals surface area contributed by atoms with Crippen molar-refractivity contribution in [2.24, 2.45) is 0 Å². The number of pyridine rings is 2. The van der Waals surface area contributed by atoms with Crippen LogP contribution < -0.4 is 10.9 Å². The van der Waals surface area contributed by atoms with Gasteiger partial charge in [-0.2, -0.15) is 5.10 Å². The Balaban J connectivity index is 1.43. The molecule has 0 fully saturated rings. The Morgan fingerprint density at radius 3 is 2.39 bits per heavy atom. The number of hydrazine groups is 1. The number of nitrogens with one attached hydrogen (secondary N) is 2. The molecule has 2 amide bonds. The molecule has 0 spiro atoms. The van der Waals surface area contributed by atoms with E-state index in [0.29, 0.717) is 34.4 Å². The van der Waals surface area contributed by atoms with Crippen molar-refractivity contribution in [3.8, 4) is 11.3 Å². The number of hydrogen-bond donors (Lipinski definition) is 2. The van der Waals surface area contributed by atoms with Crippen molar-refractivity contribution in [1.29, 1.82) is 0 Å². The number of rotatable bonds is 6. The number of aromatic nitrogens is 4. The van der Waals surface area contributed by atoms with Crippen LogP contribution in [0.15, 0.2) is 91.4 Å². The van der Waals surface area contributed by atoms with Gasteiger partial charge in [0.25, 0.3) is 5.91 Å². The summed E-state index contributed by atoms with van der Waals surface area (Å²) in [6.07, 6.45) is 4.99. The molecule has 3 aromatic heterocycles. The van der Waals surface area contributed by atoms with Crippen LogP contribution >= 0.6 is 0 Å². The molecule has 0 aliphatic carbocycles. The number of fused-ring (bicyclic) bond motifs is 1. The van der Waals surface area contributed by atoms with Gasteiger partial charge in [-0.3, -0.25) is 25.4 Å². The van der Waals surface area contributed by atoms with Crippen molar-refractivity contribution in [3.63, 3.8) is 0 Å². The number of carbonyl (C=O) groups excluding carboxylic acids is 2. The molecule has 8 nitrogen and oxygen atoms in total. The number of hydrogen-bond acceptors (Lipinski definition) is 5. The maximum absolute atomic E-state index is 13.2. The summed E-state index contributed by atoms with van der Waals surface area (Å²) in [5.74, 6) is -1.32. The Morgan fingerprint density at radius 1 is 0.889 bits per heavy atom. The lowest BCUT2D eigenvalue weighted by atomic mass is 10.1. The Morgan fingerprint density at radius 2 is 1.64 bits per heavy atom. The van der Waals surface area contributed by atoms with Gasteiger partial charge in [0.2, 0.25) is 5.91 Å². The molecule has 0 unspecified atom stereocenters. The third-order valence-corrected chi connectivity index (χ3v) is 5.60. The molecule has 3 heterocycles. The summed E-state index contributed by atoms with van der Waals surface area (Å²) in [7, 11) is 0. The number of amides is 2. The lowest BCUT2D eigenvalue weighted by Gasteiger charge is -2.11. The molecule has 0 aliphatic heterocycles. The molecular formula is C27H21FN6O2.